The van der Waals surface area contributed by atoms with Gasteiger partial charge in [0.2, 0.25) is 0 Å². The molecule has 1 aromatic carbocycles. The molecule has 0 atom stereocenters. The second kappa shape index (κ2) is 5.81. The number of carbonyl (C=O) groups excluding carboxylic acids is 1. The van der Waals surface area contributed by atoms with E-state index in [9.17, 15) is 14.7 Å². The van der Waals surface area contributed by atoms with E-state index in [-0.39, 0.29) is 19.7 Å². The standard InChI is InChI=1S/C13H16N2O4/c16-12(17)15(8-6-14-7-9-15)13(18)19-10-11-4-2-1-3-5-11/h1-5,14H,6-10H2/p+1. The van der Waals surface area contributed by atoms with Crippen LogP contribution < -0.4 is 5.32 Å². The zero-order valence-electron chi connectivity index (χ0n) is 10.5. The number of piperazine rings is 1. The summed E-state index contributed by atoms with van der Waals surface area (Å²) in [6.45, 7) is 1.51. The Morgan fingerprint density at radius 1 is 1.21 bits per heavy atom. The van der Waals surface area contributed by atoms with E-state index in [0.29, 0.717) is 13.1 Å². The van der Waals surface area contributed by atoms with Gasteiger partial charge in [-0.15, -0.1) is 4.48 Å². The topological polar surface area (TPSA) is 75.6 Å². The lowest BCUT2D eigenvalue weighted by Crippen LogP contribution is -2.64. The number of hydrogen-bond acceptors (Lipinski definition) is 4. The molecule has 1 saturated heterocycles. The molecular weight excluding hydrogens is 248 g/mol. The van der Waals surface area contributed by atoms with Gasteiger partial charge in [0.05, 0.1) is 0 Å². The Balaban J connectivity index is 2.02. The fourth-order valence-electron chi connectivity index (χ4n) is 2.07. The zero-order chi connectivity index (χ0) is 13.7. The number of benzene rings is 1. The summed E-state index contributed by atoms with van der Waals surface area (Å²) < 4.78 is 4.50. The van der Waals surface area contributed by atoms with Gasteiger partial charge in [0.15, 0.2) is 0 Å². The van der Waals surface area contributed by atoms with Crippen LogP contribution in [-0.2, 0) is 11.3 Å². The van der Waals surface area contributed by atoms with Crippen LogP contribution in [0.25, 0.3) is 0 Å². The molecule has 0 radical (unpaired) electrons. The second-order valence-electron chi connectivity index (χ2n) is 4.49. The average Bonchev–Trinajstić information content (AvgIpc) is 2.46. The Morgan fingerprint density at radius 2 is 1.84 bits per heavy atom. The lowest BCUT2D eigenvalue weighted by molar-refractivity contribution is -0.787. The molecule has 2 amide bonds. The van der Waals surface area contributed by atoms with Crippen LogP contribution in [0.2, 0.25) is 0 Å². The van der Waals surface area contributed by atoms with Crippen LogP contribution in [-0.4, -0.2) is 48.0 Å². The highest BCUT2D eigenvalue weighted by Gasteiger charge is 2.48. The Bertz CT molecular complexity index is 455. The summed E-state index contributed by atoms with van der Waals surface area (Å²) in [6.07, 6.45) is -1.85. The summed E-state index contributed by atoms with van der Waals surface area (Å²) in [4.78, 5) is 23.4. The lowest BCUT2D eigenvalue weighted by atomic mass is 10.2. The van der Waals surface area contributed by atoms with Gasteiger partial charge in [-0.25, -0.2) is 0 Å². The molecule has 19 heavy (non-hydrogen) atoms. The molecule has 102 valence electrons. The van der Waals surface area contributed by atoms with Crippen molar-refractivity contribution in [2.75, 3.05) is 26.2 Å². The van der Waals surface area contributed by atoms with Gasteiger partial charge in [-0.3, -0.25) is 0 Å². The first kappa shape index (κ1) is 13.5. The van der Waals surface area contributed by atoms with Crippen molar-refractivity contribution in [2.24, 2.45) is 0 Å². The number of amides is 2. The van der Waals surface area contributed by atoms with Crippen LogP contribution >= 0.6 is 0 Å². The van der Waals surface area contributed by atoms with Crippen molar-refractivity contribution in [3.8, 4) is 0 Å². The molecule has 1 aliphatic heterocycles. The van der Waals surface area contributed by atoms with Crippen molar-refractivity contribution >= 4 is 12.2 Å². The van der Waals surface area contributed by atoms with Crippen LogP contribution in [0.3, 0.4) is 0 Å². The molecule has 1 aromatic rings. The summed E-state index contributed by atoms with van der Waals surface area (Å²) in [7, 11) is 0. The minimum absolute atomic E-state index is 0.0976. The molecule has 0 spiro atoms. The van der Waals surface area contributed by atoms with E-state index in [1.165, 1.54) is 0 Å². The van der Waals surface area contributed by atoms with Crippen molar-refractivity contribution < 1.29 is 23.9 Å². The van der Waals surface area contributed by atoms with Gasteiger partial charge in [-0.05, 0) is 5.56 Å². The summed E-state index contributed by atoms with van der Waals surface area (Å²) in [5, 5.41) is 12.3. The minimum Gasteiger partial charge on any atom is -0.435 e. The molecular formula is C13H17N2O4+. The highest BCUT2D eigenvalue weighted by molar-refractivity contribution is 5.75. The number of rotatable bonds is 2. The zero-order valence-corrected chi connectivity index (χ0v) is 10.5. The first-order chi connectivity index (χ1) is 9.15. The van der Waals surface area contributed by atoms with Crippen molar-refractivity contribution in [1.82, 2.24) is 5.32 Å². The molecule has 6 heteroatoms. The number of ether oxygens (including phenoxy) is 1. The fraction of sp³-hybridized carbons (Fsp3) is 0.385. The number of hydrogen-bond donors (Lipinski definition) is 2. The third-order valence-electron chi connectivity index (χ3n) is 3.26. The maximum atomic E-state index is 12.1. The van der Waals surface area contributed by atoms with E-state index in [2.05, 4.69) is 5.32 Å². The molecule has 1 heterocycles. The Morgan fingerprint density at radius 3 is 2.42 bits per heavy atom. The van der Waals surface area contributed by atoms with Crippen molar-refractivity contribution in [3.63, 3.8) is 0 Å². The van der Waals surface area contributed by atoms with Gasteiger partial charge < -0.3 is 15.2 Å². The highest BCUT2D eigenvalue weighted by atomic mass is 16.6. The smallest absolute Gasteiger partial charge is 0.435 e. The molecule has 0 aromatic heterocycles. The van der Waals surface area contributed by atoms with Gasteiger partial charge in [-0.1, -0.05) is 30.3 Å². The molecule has 2 rings (SSSR count). The van der Waals surface area contributed by atoms with Gasteiger partial charge >= 0.3 is 12.2 Å². The Labute approximate surface area is 111 Å². The Kier molecular flexibility index (Phi) is 4.13. The van der Waals surface area contributed by atoms with Crippen LogP contribution in [0.5, 0.6) is 0 Å². The van der Waals surface area contributed by atoms with Crippen LogP contribution in [0, 0.1) is 0 Å². The van der Waals surface area contributed by atoms with E-state index >= 15 is 0 Å². The Hall–Kier alpha value is -1.92. The third-order valence-corrected chi connectivity index (χ3v) is 3.26. The monoisotopic (exact) mass is 265 g/mol. The second-order valence-corrected chi connectivity index (χ2v) is 4.49. The molecule has 2 N–H and O–H groups in total. The van der Waals surface area contributed by atoms with Crippen LogP contribution in [0.4, 0.5) is 9.59 Å². The maximum absolute atomic E-state index is 12.1. The first-order valence-corrected chi connectivity index (χ1v) is 6.18. The summed E-state index contributed by atoms with van der Waals surface area (Å²) in [5.74, 6) is 0. The van der Waals surface area contributed by atoms with Gasteiger partial charge in [-0.2, -0.15) is 9.59 Å². The van der Waals surface area contributed by atoms with E-state index in [4.69, 9.17) is 4.74 Å². The maximum Gasteiger partial charge on any atom is 0.527 e. The molecule has 1 fully saturated rings. The number of imide groups is 1. The summed E-state index contributed by atoms with van der Waals surface area (Å²) in [6, 6.07) is 9.21. The minimum atomic E-state index is -1.15. The summed E-state index contributed by atoms with van der Waals surface area (Å²) >= 11 is 0. The van der Waals surface area contributed by atoms with E-state index in [0.717, 1.165) is 5.56 Å². The van der Waals surface area contributed by atoms with Crippen molar-refractivity contribution in [1.29, 1.82) is 0 Å². The van der Waals surface area contributed by atoms with Crippen LogP contribution in [0.1, 0.15) is 5.56 Å². The molecule has 6 nitrogen and oxygen atoms in total. The number of carboxylic acid groups (broad SMARTS) is 1. The van der Waals surface area contributed by atoms with E-state index in [1.54, 1.807) is 0 Å². The van der Waals surface area contributed by atoms with E-state index < -0.39 is 16.7 Å². The molecule has 0 saturated carbocycles. The van der Waals surface area contributed by atoms with Crippen LogP contribution in [0.15, 0.2) is 30.3 Å². The highest BCUT2D eigenvalue weighted by Crippen LogP contribution is 2.14. The number of nitrogens with zero attached hydrogens (tertiary/aromatic N) is 1. The largest absolute Gasteiger partial charge is 0.527 e. The number of carbonyl (C=O) groups is 2. The normalized spacial score (nSPS) is 17.7. The van der Waals surface area contributed by atoms with E-state index in [1.807, 2.05) is 30.3 Å². The fourth-order valence-corrected chi connectivity index (χ4v) is 2.07. The third kappa shape index (κ3) is 2.91. The van der Waals surface area contributed by atoms with Gasteiger partial charge in [0.1, 0.15) is 19.7 Å². The van der Waals surface area contributed by atoms with Gasteiger partial charge in [0, 0.05) is 13.1 Å². The molecule has 0 bridgehead atoms. The number of nitrogens with one attached hydrogen (secondary N) is 1. The van der Waals surface area contributed by atoms with Crippen molar-refractivity contribution in [2.45, 2.75) is 6.61 Å². The first-order valence-electron chi connectivity index (χ1n) is 6.18. The SMILES string of the molecule is O=C(O)[N+]1(C(=O)OCc2ccccc2)CCNCC1. The average molecular weight is 265 g/mol. The number of quaternary nitrogens is 1. The lowest BCUT2D eigenvalue weighted by Gasteiger charge is -2.31. The van der Waals surface area contributed by atoms with Crippen molar-refractivity contribution in [3.05, 3.63) is 35.9 Å². The molecule has 1 aliphatic rings. The quantitative estimate of drug-likeness (QED) is 0.791. The predicted octanol–water partition coefficient (Wildman–Crippen LogP) is 1.42. The summed E-state index contributed by atoms with van der Waals surface area (Å²) in [5.41, 5.74) is 0.842. The van der Waals surface area contributed by atoms with Gasteiger partial charge in [0.25, 0.3) is 0 Å². The predicted molar refractivity (Wildman–Crippen MR) is 67.5 cm³/mol. The molecule has 0 unspecified atom stereocenters. The molecule has 0 aliphatic carbocycles.